The lowest BCUT2D eigenvalue weighted by Crippen LogP contribution is -2.13. The van der Waals surface area contributed by atoms with Crippen LogP contribution in [-0.4, -0.2) is 28.1 Å². The van der Waals surface area contributed by atoms with Crippen LogP contribution in [0.3, 0.4) is 0 Å². The van der Waals surface area contributed by atoms with E-state index in [0.717, 1.165) is 19.3 Å². The molecule has 0 saturated heterocycles. The first-order valence-electron chi connectivity index (χ1n) is 9.29. The van der Waals surface area contributed by atoms with Gasteiger partial charge in [-0.3, -0.25) is 9.59 Å². The first kappa shape index (κ1) is 21.8. The summed E-state index contributed by atoms with van der Waals surface area (Å²) in [7, 11) is 0. The molecule has 0 aromatic carbocycles. The molecule has 0 aromatic rings. The van der Waals surface area contributed by atoms with E-state index in [9.17, 15) is 14.7 Å². The maximum Gasteiger partial charge on any atom is 0.303 e. The molecule has 0 saturated carbocycles. The van der Waals surface area contributed by atoms with Crippen molar-refractivity contribution in [2.45, 2.75) is 51.6 Å². The van der Waals surface area contributed by atoms with E-state index in [1.165, 1.54) is 0 Å². The molecule has 0 aromatic heterocycles. The zero-order chi connectivity index (χ0) is 19.2. The molecule has 0 heterocycles. The fraction of sp³-hybridized carbons (Fsp3) is 0.455. The Kier molecular flexibility index (Phi) is 11.0. The Morgan fingerprint density at radius 2 is 1.81 bits per heavy atom. The fourth-order valence-corrected chi connectivity index (χ4v) is 2.76. The number of hydrogen-bond acceptors (Lipinski definition) is 3. The van der Waals surface area contributed by atoms with E-state index in [1.54, 1.807) is 12.2 Å². The lowest BCUT2D eigenvalue weighted by atomic mass is 9.91. The molecule has 0 radical (unpaired) electrons. The highest BCUT2D eigenvalue weighted by atomic mass is 16.4. The van der Waals surface area contributed by atoms with E-state index in [4.69, 9.17) is 5.11 Å². The molecule has 1 rings (SSSR count). The predicted octanol–water partition coefficient (Wildman–Crippen LogP) is 4.39. The molecule has 1 aliphatic carbocycles. The monoisotopic (exact) mass is 358 g/mol. The van der Waals surface area contributed by atoms with Crippen LogP contribution in [0.5, 0.6) is 0 Å². The van der Waals surface area contributed by atoms with Gasteiger partial charge in [0, 0.05) is 18.3 Å². The first-order chi connectivity index (χ1) is 12.5. The van der Waals surface area contributed by atoms with E-state index < -0.39 is 12.1 Å². The molecule has 2 N–H and O–H groups in total. The standard InChI is InChI=1S/C22H30O4/c1-2-20-18(15-17-21(20)24)14-16-19(23)12-10-8-6-4-3-5-7-9-11-13-22(25)26/h3-4,7-10,14-20,23H,2,5-6,11-13H2,1H3,(H,25,26)/b4-3-,9-7-,10-8-,16-14+/t18-,19+,20+/m0/s1. The van der Waals surface area contributed by atoms with Gasteiger partial charge in [0.05, 0.1) is 6.10 Å². The van der Waals surface area contributed by atoms with E-state index in [1.807, 2.05) is 55.5 Å². The average Bonchev–Trinajstić information content (AvgIpc) is 2.97. The van der Waals surface area contributed by atoms with E-state index in [2.05, 4.69) is 0 Å². The quantitative estimate of drug-likeness (QED) is 0.507. The number of carbonyl (C=O) groups is 2. The van der Waals surface area contributed by atoms with Crippen molar-refractivity contribution >= 4 is 11.8 Å². The maximum absolute atomic E-state index is 11.6. The van der Waals surface area contributed by atoms with Crippen molar-refractivity contribution in [3.05, 3.63) is 60.8 Å². The summed E-state index contributed by atoms with van der Waals surface area (Å²) >= 11 is 0. The molecule has 26 heavy (non-hydrogen) atoms. The molecule has 0 amide bonds. The summed E-state index contributed by atoms with van der Waals surface area (Å²) in [5.41, 5.74) is 0. The SMILES string of the molecule is CC[C@H]1C(=O)C=C[C@@H]1/C=C/[C@H](O)C/C=C\C/C=C\C/C=C\CCC(=O)O. The fourth-order valence-electron chi connectivity index (χ4n) is 2.76. The molecule has 1 aliphatic rings. The minimum Gasteiger partial charge on any atom is -0.481 e. The third kappa shape index (κ3) is 9.33. The second kappa shape index (κ2) is 13.1. The lowest BCUT2D eigenvalue weighted by Gasteiger charge is -2.12. The molecule has 0 bridgehead atoms. The molecule has 4 nitrogen and oxygen atoms in total. The number of aliphatic hydroxyl groups excluding tert-OH is 1. The van der Waals surface area contributed by atoms with Gasteiger partial charge in [-0.25, -0.2) is 0 Å². The first-order valence-corrected chi connectivity index (χ1v) is 9.29. The van der Waals surface area contributed by atoms with Gasteiger partial charge in [0.1, 0.15) is 0 Å². The maximum atomic E-state index is 11.6. The third-order valence-electron chi connectivity index (χ3n) is 4.25. The van der Waals surface area contributed by atoms with Gasteiger partial charge >= 0.3 is 5.97 Å². The Bertz CT molecular complexity index is 581. The van der Waals surface area contributed by atoms with Crippen LogP contribution in [0.2, 0.25) is 0 Å². The van der Waals surface area contributed by atoms with Gasteiger partial charge in [-0.1, -0.05) is 61.6 Å². The number of aliphatic carboxylic acids is 1. The van der Waals surface area contributed by atoms with Crippen LogP contribution in [0, 0.1) is 11.8 Å². The Morgan fingerprint density at radius 3 is 2.46 bits per heavy atom. The van der Waals surface area contributed by atoms with Crippen molar-refractivity contribution < 1.29 is 19.8 Å². The number of hydrogen-bond donors (Lipinski definition) is 2. The Labute approximate surface area is 156 Å². The summed E-state index contributed by atoms with van der Waals surface area (Å²) in [5.74, 6) is -0.458. The van der Waals surface area contributed by atoms with Crippen molar-refractivity contribution in [1.82, 2.24) is 0 Å². The minimum absolute atomic E-state index is 0.0253. The summed E-state index contributed by atoms with van der Waals surface area (Å²) in [4.78, 5) is 22.0. The molecule has 0 aliphatic heterocycles. The van der Waals surface area contributed by atoms with Gasteiger partial charge in [-0.05, 0) is 38.2 Å². The molecule has 0 spiro atoms. The Hall–Kier alpha value is -2.20. The van der Waals surface area contributed by atoms with E-state index in [-0.39, 0.29) is 24.0 Å². The highest BCUT2D eigenvalue weighted by Gasteiger charge is 2.26. The van der Waals surface area contributed by atoms with Crippen LogP contribution in [0.15, 0.2) is 60.8 Å². The Morgan fingerprint density at radius 1 is 1.15 bits per heavy atom. The zero-order valence-electron chi connectivity index (χ0n) is 15.5. The topological polar surface area (TPSA) is 74.6 Å². The van der Waals surface area contributed by atoms with Crippen LogP contribution in [0.4, 0.5) is 0 Å². The molecule has 142 valence electrons. The van der Waals surface area contributed by atoms with Gasteiger partial charge in [0.2, 0.25) is 0 Å². The summed E-state index contributed by atoms with van der Waals surface area (Å²) in [6.07, 6.45) is 22.3. The number of ketones is 1. The van der Waals surface area contributed by atoms with Crippen LogP contribution < -0.4 is 0 Å². The second-order valence-corrected chi connectivity index (χ2v) is 6.36. The average molecular weight is 358 g/mol. The van der Waals surface area contributed by atoms with Gasteiger partial charge in [0.15, 0.2) is 5.78 Å². The van der Waals surface area contributed by atoms with Crippen molar-refractivity contribution in [2.24, 2.45) is 11.8 Å². The largest absolute Gasteiger partial charge is 0.481 e. The molecule has 3 atom stereocenters. The molecule has 0 fully saturated rings. The van der Waals surface area contributed by atoms with E-state index >= 15 is 0 Å². The number of aliphatic hydroxyl groups is 1. The molecular formula is C22H30O4. The second-order valence-electron chi connectivity index (χ2n) is 6.36. The van der Waals surface area contributed by atoms with Crippen molar-refractivity contribution in [1.29, 1.82) is 0 Å². The van der Waals surface area contributed by atoms with Gasteiger partial charge in [0.25, 0.3) is 0 Å². The molecular weight excluding hydrogens is 328 g/mol. The molecule has 4 heteroatoms. The van der Waals surface area contributed by atoms with Crippen LogP contribution in [0.25, 0.3) is 0 Å². The van der Waals surface area contributed by atoms with Crippen molar-refractivity contribution in [3.8, 4) is 0 Å². The molecule has 0 unspecified atom stereocenters. The number of carboxylic acid groups (broad SMARTS) is 1. The van der Waals surface area contributed by atoms with E-state index in [0.29, 0.717) is 12.8 Å². The number of allylic oxidation sites excluding steroid dienone is 8. The van der Waals surface area contributed by atoms with Crippen LogP contribution in [0.1, 0.15) is 45.4 Å². The van der Waals surface area contributed by atoms with Gasteiger partial charge < -0.3 is 10.2 Å². The van der Waals surface area contributed by atoms with Gasteiger partial charge in [-0.15, -0.1) is 0 Å². The summed E-state index contributed by atoms with van der Waals surface area (Å²) < 4.78 is 0. The normalized spacial score (nSPS) is 21.8. The van der Waals surface area contributed by atoms with Gasteiger partial charge in [-0.2, -0.15) is 0 Å². The lowest BCUT2D eigenvalue weighted by molar-refractivity contribution is -0.136. The number of rotatable bonds is 12. The highest BCUT2D eigenvalue weighted by Crippen LogP contribution is 2.26. The third-order valence-corrected chi connectivity index (χ3v) is 4.25. The minimum atomic E-state index is -0.772. The Balaban J connectivity index is 2.16. The number of carboxylic acids is 1. The van der Waals surface area contributed by atoms with Crippen molar-refractivity contribution in [2.75, 3.05) is 0 Å². The smallest absolute Gasteiger partial charge is 0.303 e. The highest BCUT2D eigenvalue weighted by molar-refractivity contribution is 5.94. The van der Waals surface area contributed by atoms with Crippen LogP contribution in [-0.2, 0) is 9.59 Å². The summed E-state index contributed by atoms with van der Waals surface area (Å²) in [5, 5.41) is 18.5. The van der Waals surface area contributed by atoms with Crippen molar-refractivity contribution in [3.63, 3.8) is 0 Å². The van der Waals surface area contributed by atoms with Crippen LogP contribution >= 0.6 is 0 Å². The number of carbonyl (C=O) groups excluding carboxylic acids is 1. The summed E-state index contributed by atoms with van der Waals surface area (Å²) in [6, 6.07) is 0. The zero-order valence-corrected chi connectivity index (χ0v) is 15.5. The predicted molar refractivity (Wildman–Crippen MR) is 105 cm³/mol. The summed E-state index contributed by atoms with van der Waals surface area (Å²) in [6.45, 7) is 2.01.